The number of halogens is 2. The summed E-state index contributed by atoms with van der Waals surface area (Å²) < 4.78 is 28.2. The van der Waals surface area contributed by atoms with Crippen molar-refractivity contribution >= 4 is 27.2 Å². The molecule has 2 aromatic heterocycles. The molecule has 35 heavy (non-hydrogen) atoms. The molecule has 0 spiro atoms. The van der Waals surface area contributed by atoms with Crippen LogP contribution in [0.15, 0.2) is 66.6 Å². The van der Waals surface area contributed by atoms with Crippen molar-refractivity contribution in [3.63, 3.8) is 0 Å². The number of rotatable bonds is 3. The molecule has 0 fully saturated rings. The van der Waals surface area contributed by atoms with E-state index in [9.17, 15) is 13.6 Å². The molecule has 1 radical (unpaired) electrons. The molecule has 1 N–H and O–H groups in total. The van der Waals surface area contributed by atoms with Gasteiger partial charge in [-0.1, -0.05) is 20.8 Å². The van der Waals surface area contributed by atoms with Gasteiger partial charge >= 0.3 is 0 Å². The van der Waals surface area contributed by atoms with Crippen LogP contribution in [0.25, 0.3) is 31.8 Å². The minimum Gasteiger partial charge on any atom is -0.512 e. The molecule has 4 rings (SSSR count). The zero-order valence-electron chi connectivity index (χ0n) is 20.1. The fourth-order valence-corrected chi connectivity index (χ4v) is 4.39. The number of benzene rings is 2. The summed E-state index contributed by atoms with van der Waals surface area (Å²) in [5.41, 5.74) is 3.54. The molecule has 0 atom stereocenters. The molecule has 0 aliphatic carbocycles. The van der Waals surface area contributed by atoms with Gasteiger partial charge in [0.15, 0.2) is 5.78 Å². The molecule has 0 unspecified atom stereocenters. The molecular formula is C28H26F2IrNO2S-. The number of carbonyl (C=O) groups is 1. The van der Waals surface area contributed by atoms with E-state index in [1.807, 2.05) is 24.3 Å². The number of aromatic nitrogens is 1. The number of pyridine rings is 1. The summed E-state index contributed by atoms with van der Waals surface area (Å²) in [6.07, 6.45) is 2.93. The van der Waals surface area contributed by atoms with Crippen LogP contribution in [0.1, 0.15) is 40.2 Å². The van der Waals surface area contributed by atoms with Gasteiger partial charge in [0.2, 0.25) is 0 Å². The second-order valence-corrected chi connectivity index (χ2v) is 10.1. The molecule has 0 saturated heterocycles. The molecule has 0 aliphatic heterocycles. The smallest absolute Gasteiger partial charge is 0.155 e. The van der Waals surface area contributed by atoms with E-state index < -0.39 is 11.6 Å². The maximum absolute atomic E-state index is 13.6. The SMILES string of the molecule is CC(=O)C=C(C)O.CC(C)(C)c1c[c-]c(-c2nccc3sc(-c4cc(F)cc(F)c4)cc23)cc1.[Ir]. The zero-order valence-corrected chi connectivity index (χ0v) is 23.3. The third-order valence-electron chi connectivity index (χ3n) is 4.94. The minimum absolute atomic E-state index is 0. The second-order valence-electron chi connectivity index (χ2n) is 8.98. The van der Waals surface area contributed by atoms with Crippen LogP contribution in [0.4, 0.5) is 8.78 Å². The van der Waals surface area contributed by atoms with Gasteiger partial charge in [-0.15, -0.1) is 46.7 Å². The first-order chi connectivity index (χ1) is 15.9. The van der Waals surface area contributed by atoms with Gasteiger partial charge < -0.3 is 10.1 Å². The molecule has 2 aromatic carbocycles. The van der Waals surface area contributed by atoms with E-state index in [-0.39, 0.29) is 37.1 Å². The van der Waals surface area contributed by atoms with Crippen LogP contribution in [-0.2, 0) is 30.3 Å². The monoisotopic (exact) mass is 671 g/mol. The number of ketones is 1. The van der Waals surface area contributed by atoms with Crippen molar-refractivity contribution in [2.45, 2.75) is 40.0 Å². The van der Waals surface area contributed by atoms with Crippen molar-refractivity contribution in [1.82, 2.24) is 4.98 Å². The summed E-state index contributed by atoms with van der Waals surface area (Å²) in [4.78, 5) is 15.4. The van der Waals surface area contributed by atoms with Gasteiger partial charge in [-0.2, -0.15) is 0 Å². The van der Waals surface area contributed by atoms with Crippen LogP contribution >= 0.6 is 11.3 Å². The third kappa shape index (κ3) is 7.63. The molecule has 4 aromatic rings. The number of allylic oxidation sites excluding steroid dienone is 2. The third-order valence-corrected chi connectivity index (χ3v) is 6.09. The Balaban J connectivity index is 0.000000476. The van der Waals surface area contributed by atoms with Gasteiger partial charge in [-0.25, -0.2) is 8.78 Å². The van der Waals surface area contributed by atoms with Gasteiger partial charge in [0, 0.05) is 48.0 Å². The summed E-state index contributed by atoms with van der Waals surface area (Å²) in [5.74, 6) is -1.22. The Labute approximate surface area is 221 Å². The first-order valence-corrected chi connectivity index (χ1v) is 11.5. The molecule has 2 heterocycles. The number of aliphatic hydroxyl groups is 1. The molecule has 7 heteroatoms. The van der Waals surface area contributed by atoms with Gasteiger partial charge in [-0.3, -0.25) is 4.79 Å². The Hall–Kier alpha value is -2.73. The fraction of sp³-hybridized carbons (Fsp3) is 0.214. The Bertz CT molecular complexity index is 1330. The molecule has 0 saturated carbocycles. The predicted octanol–water partition coefficient (Wildman–Crippen LogP) is 8.04. The second kappa shape index (κ2) is 11.8. The Morgan fingerprint density at radius 1 is 1.06 bits per heavy atom. The summed E-state index contributed by atoms with van der Waals surface area (Å²) in [6.45, 7) is 9.34. The first-order valence-electron chi connectivity index (χ1n) is 10.7. The first kappa shape index (κ1) is 28.5. The summed E-state index contributed by atoms with van der Waals surface area (Å²) in [7, 11) is 0. The number of hydrogen-bond acceptors (Lipinski definition) is 4. The maximum atomic E-state index is 13.6. The molecular weight excluding hydrogens is 645 g/mol. The standard InChI is InChI=1S/C23H18F2NS.C5H8O2.Ir/c1-23(2,3)16-6-4-14(5-7-16)22-19-13-21(27-20(19)8-9-26-22)15-10-17(24)12-18(25)11-15;1-4(6)3-5(2)7;/h4,6-13H,1-3H3;3,6H,1-2H3;/q-1;;. The average molecular weight is 671 g/mol. The van der Waals surface area contributed by atoms with Crippen LogP contribution in [0.2, 0.25) is 0 Å². The largest absolute Gasteiger partial charge is 0.512 e. The van der Waals surface area contributed by atoms with Crippen LogP contribution in [0.5, 0.6) is 0 Å². The zero-order chi connectivity index (χ0) is 25.0. The normalized spacial score (nSPS) is 11.5. The number of carbonyl (C=O) groups excluding carboxylic acids is 1. The van der Waals surface area contributed by atoms with E-state index in [1.165, 1.54) is 49.0 Å². The summed E-state index contributed by atoms with van der Waals surface area (Å²) in [6, 6.07) is 16.9. The Kier molecular flexibility index (Phi) is 9.61. The average Bonchev–Trinajstić information content (AvgIpc) is 3.16. The molecule has 0 amide bonds. The predicted molar refractivity (Wildman–Crippen MR) is 135 cm³/mol. The quantitative estimate of drug-likeness (QED) is 0.136. The van der Waals surface area contributed by atoms with Crippen LogP contribution in [0.3, 0.4) is 0 Å². The van der Waals surface area contributed by atoms with E-state index in [0.29, 0.717) is 5.56 Å². The van der Waals surface area contributed by atoms with Crippen molar-refractivity contribution in [2.24, 2.45) is 0 Å². The van der Waals surface area contributed by atoms with Crippen molar-refractivity contribution in [1.29, 1.82) is 0 Å². The van der Waals surface area contributed by atoms with Crippen LogP contribution in [-0.4, -0.2) is 15.9 Å². The number of fused-ring (bicyclic) bond motifs is 1. The number of nitrogens with zero attached hydrogens (tertiary/aromatic N) is 1. The van der Waals surface area contributed by atoms with E-state index in [1.54, 1.807) is 6.20 Å². The van der Waals surface area contributed by atoms with Gasteiger partial charge in [0.1, 0.15) is 11.6 Å². The number of thiophene rings is 1. The Morgan fingerprint density at radius 3 is 2.20 bits per heavy atom. The van der Waals surface area contributed by atoms with Crippen molar-refractivity contribution in [3.8, 4) is 21.7 Å². The van der Waals surface area contributed by atoms with E-state index in [0.717, 1.165) is 32.3 Å². The van der Waals surface area contributed by atoms with E-state index >= 15 is 0 Å². The molecule has 3 nitrogen and oxygen atoms in total. The number of aliphatic hydroxyl groups excluding tert-OH is 1. The summed E-state index contributed by atoms with van der Waals surface area (Å²) in [5, 5.41) is 9.32. The molecule has 185 valence electrons. The number of hydrogen-bond donors (Lipinski definition) is 1. The van der Waals surface area contributed by atoms with Crippen molar-refractivity contribution in [2.75, 3.05) is 0 Å². The van der Waals surface area contributed by atoms with Crippen LogP contribution in [0, 0.1) is 17.7 Å². The Morgan fingerprint density at radius 2 is 1.71 bits per heavy atom. The van der Waals surface area contributed by atoms with Gasteiger partial charge in [0.25, 0.3) is 0 Å². The van der Waals surface area contributed by atoms with E-state index in [4.69, 9.17) is 5.11 Å². The topological polar surface area (TPSA) is 50.2 Å². The fourth-order valence-electron chi connectivity index (χ4n) is 3.35. The van der Waals surface area contributed by atoms with E-state index in [2.05, 4.69) is 37.9 Å². The molecule has 0 bridgehead atoms. The van der Waals surface area contributed by atoms with Crippen molar-refractivity contribution < 1.29 is 38.8 Å². The van der Waals surface area contributed by atoms with Crippen LogP contribution < -0.4 is 0 Å². The minimum atomic E-state index is -0.577. The maximum Gasteiger partial charge on any atom is 0.155 e. The van der Waals surface area contributed by atoms with Crippen molar-refractivity contribution in [3.05, 3.63) is 89.8 Å². The molecule has 0 aliphatic rings. The summed E-state index contributed by atoms with van der Waals surface area (Å²) >= 11 is 1.50. The van der Waals surface area contributed by atoms with Gasteiger partial charge in [-0.05, 0) is 60.2 Å². The van der Waals surface area contributed by atoms with Gasteiger partial charge in [0.05, 0.1) is 5.76 Å².